The van der Waals surface area contributed by atoms with Gasteiger partial charge in [-0.1, -0.05) is 0 Å². The number of hydrogen-bond donors (Lipinski definition) is 0. The van der Waals surface area contributed by atoms with Crippen LogP contribution in [0.1, 0.15) is 26.7 Å². The maximum atomic E-state index is 15.4. The van der Waals surface area contributed by atoms with E-state index in [0.29, 0.717) is 0 Å². The summed E-state index contributed by atoms with van der Waals surface area (Å²) in [5.41, 5.74) is 0.343. The molecule has 2 aliphatic carbocycles. The Bertz CT molecular complexity index is 1250. The molecule has 0 bridgehead atoms. The number of hydrogen-bond acceptors (Lipinski definition) is 0. The number of halogens is 10. The van der Waals surface area contributed by atoms with Gasteiger partial charge in [0.1, 0.15) is 0 Å². The summed E-state index contributed by atoms with van der Waals surface area (Å²) in [6, 6.07) is 0. The quantitative estimate of drug-likeness (QED) is 0.176. The standard InChI is InChI=1S/2C6F5.2C6H7.Ti/c2*7-2-1-3(8)5(10)6(11)4(2)9;2*1-6-4-2-3-5-6;/h;;2*2,4H,3H2,1H3;. The third-order valence-electron chi connectivity index (χ3n) is 6.41. The van der Waals surface area contributed by atoms with Crippen LogP contribution < -0.4 is 7.74 Å². The molecule has 0 radical (unpaired) electrons. The molecule has 0 unspecified atom stereocenters. The van der Waals surface area contributed by atoms with Crippen LogP contribution >= 0.6 is 0 Å². The predicted molar refractivity (Wildman–Crippen MR) is 105 cm³/mol. The summed E-state index contributed by atoms with van der Waals surface area (Å²) in [4.78, 5) is 0. The third-order valence-corrected chi connectivity index (χ3v) is 14.8. The minimum atomic E-state index is -6.11. The van der Waals surface area contributed by atoms with Gasteiger partial charge in [0.2, 0.25) is 0 Å². The van der Waals surface area contributed by atoms with E-state index in [4.69, 9.17) is 0 Å². The van der Waals surface area contributed by atoms with Crippen molar-refractivity contribution in [2.45, 2.75) is 26.7 Å². The van der Waals surface area contributed by atoms with Gasteiger partial charge >= 0.3 is 196 Å². The summed E-state index contributed by atoms with van der Waals surface area (Å²) < 4.78 is 144. The molecule has 11 heteroatoms. The second kappa shape index (κ2) is 8.82. The summed E-state index contributed by atoms with van der Waals surface area (Å²) >= 11 is -6.11. The van der Waals surface area contributed by atoms with Gasteiger partial charge in [-0.15, -0.1) is 0 Å². The van der Waals surface area contributed by atoms with Crippen molar-refractivity contribution in [2.75, 3.05) is 0 Å². The zero-order chi connectivity index (χ0) is 26.0. The fraction of sp³-hybridized carbons (Fsp3) is 0.167. The molecule has 2 aromatic carbocycles. The Morgan fingerprint density at radius 1 is 0.457 bits per heavy atom. The van der Waals surface area contributed by atoms with Crippen LogP contribution in [0.5, 0.6) is 0 Å². The van der Waals surface area contributed by atoms with Gasteiger partial charge in [-0.05, 0) is 0 Å². The van der Waals surface area contributed by atoms with E-state index in [1.807, 2.05) is 0 Å². The van der Waals surface area contributed by atoms with E-state index in [2.05, 4.69) is 0 Å². The Hall–Kier alpha value is -2.59. The molecular formula is C24H14F10Ti. The first-order valence-electron chi connectivity index (χ1n) is 10.2. The molecular weight excluding hydrogens is 526 g/mol. The zero-order valence-electron chi connectivity index (χ0n) is 18.0. The number of rotatable bonds is 4. The molecule has 184 valence electrons. The summed E-state index contributed by atoms with van der Waals surface area (Å²) in [6.45, 7) is 2.74. The van der Waals surface area contributed by atoms with E-state index in [-0.39, 0.29) is 31.7 Å². The van der Waals surface area contributed by atoms with Crippen LogP contribution in [0.15, 0.2) is 43.2 Å². The molecule has 0 aromatic heterocycles. The van der Waals surface area contributed by atoms with Crippen molar-refractivity contribution < 1.29 is 60.5 Å². The fourth-order valence-corrected chi connectivity index (χ4v) is 13.9. The van der Waals surface area contributed by atoms with Gasteiger partial charge in [0, 0.05) is 0 Å². The molecule has 0 atom stereocenters. The Balaban J connectivity index is 2.39. The van der Waals surface area contributed by atoms with Crippen molar-refractivity contribution >= 4 is 7.74 Å². The van der Waals surface area contributed by atoms with Gasteiger partial charge in [-0.3, -0.25) is 0 Å². The second-order valence-corrected chi connectivity index (χ2v) is 14.0. The van der Waals surface area contributed by atoms with Crippen LogP contribution in [0.2, 0.25) is 0 Å². The van der Waals surface area contributed by atoms with Gasteiger partial charge in [0.05, 0.1) is 0 Å². The SMILES string of the molecule is CC1=[C]([Ti]([C]2=C(C)C=CC2)([c]2c(F)c(F)c(F)c(F)c2F)[c]2c(F)c(F)c(F)c(F)c2F)CC=C1. The molecule has 0 saturated heterocycles. The third kappa shape index (κ3) is 3.40. The number of allylic oxidation sites excluding steroid dienone is 8. The molecule has 35 heavy (non-hydrogen) atoms. The van der Waals surface area contributed by atoms with Crippen LogP contribution in [0, 0.1) is 58.2 Å². The number of benzene rings is 2. The first kappa shape index (κ1) is 25.5. The molecule has 0 amide bonds. The van der Waals surface area contributed by atoms with Crippen LogP contribution in [-0.2, 0) is 16.6 Å². The van der Waals surface area contributed by atoms with Crippen LogP contribution in [0.3, 0.4) is 0 Å². The van der Waals surface area contributed by atoms with E-state index >= 15 is 17.6 Å². The monoisotopic (exact) mass is 540 g/mol. The van der Waals surface area contributed by atoms with E-state index < -0.39 is 82.5 Å². The van der Waals surface area contributed by atoms with Crippen molar-refractivity contribution in [2.24, 2.45) is 0 Å². The molecule has 0 spiro atoms. The Labute approximate surface area is 196 Å². The van der Waals surface area contributed by atoms with Gasteiger partial charge in [0.25, 0.3) is 0 Å². The van der Waals surface area contributed by atoms with E-state index in [1.165, 1.54) is 38.2 Å². The minimum absolute atomic E-state index is 0.116. The first-order chi connectivity index (χ1) is 16.4. The molecule has 2 aliphatic rings. The maximum absolute atomic E-state index is 15.4. The van der Waals surface area contributed by atoms with Crippen molar-refractivity contribution in [3.8, 4) is 0 Å². The topological polar surface area (TPSA) is 0 Å². The average molecular weight is 540 g/mol. The molecule has 0 saturated carbocycles. The van der Waals surface area contributed by atoms with Crippen molar-refractivity contribution in [3.05, 3.63) is 101 Å². The first-order valence-corrected chi connectivity index (χ1v) is 13.3. The van der Waals surface area contributed by atoms with Gasteiger partial charge in [0.15, 0.2) is 0 Å². The molecule has 2 aromatic rings. The van der Waals surface area contributed by atoms with Crippen molar-refractivity contribution in [3.63, 3.8) is 0 Å². The molecule has 4 rings (SSSR count). The Morgan fingerprint density at radius 3 is 0.943 bits per heavy atom. The fourth-order valence-electron chi connectivity index (χ4n) is 4.91. The summed E-state index contributed by atoms with van der Waals surface area (Å²) in [5, 5.41) is 0. The molecule has 0 nitrogen and oxygen atoms in total. The van der Waals surface area contributed by atoms with Crippen LogP contribution in [0.25, 0.3) is 0 Å². The average Bonchev–Trinajstić information content (AvgIpc) is 3.46. The van der Waals surface area contributed by atoms with Gasteiger partial charge in [-0.2, -0.15) is 0 Å². The molecule has 0 aliphatic heterocycles. The summed E-state index contributed by atoms with van der Waals surface area (Å²) in [6.07, 6.45) is 5.13. The van der Waals surface area contributed by atoms with E-state index in [1.54, 1.807) is 0 Å². The second-order valence-electron chi connectivity index (χ2n) is 8.18. The van der Waals surface area contributed by atoms with Crippen molar-refractivity contribution in [1.82, 2.24) is 0 Å². The van der Waals surface area contributed by atoms with E-state index in [0.717, 1.165) is 0 Å². The molecule has 0 fully saturated rings. The van der Waals surface area contributed by atoms with E-state index in [9.17, 15) is 26.3 Å². The normalized spacial score (nSPS) is 15.9. The zero-order valence-corrected chi connectivity index (χ0v) is 19.6. The molecule has 0 N–H and O–H groups in total. The predicted octanol–water partition coefficient (Wildman–Crippen LogP) is 6.65. The molecule has 0 heterocycles. The Kier molecular flexibility index (Phi) is 6.42. The van der Waals surface area contributed by atoms with Gasteiger partial charge in [-0.25, -0.2) is 0 Å². The summed E-state index contributed by atoms with van der Waals surface area (Å²) in [7, 11) is 0. The summed E-state index contributed by atoms with van der Waals surface area (Å²) in [5.74, 6) is -24.0. The van der Waals surface area contributed by atoms with Crippen LogP contribution in [-0.4, -0.2) is 0 Å². The van der Waals surface area contributed by atoms with Crippen LogP contribution in [0.4, 0.5) is 43.9 Å². The van der Waals surface area contributed by atoms with Gasteiger partial charge < -0.3 is 0 Å². The van der Waals surface area contributed by atoms with Crippen molar-refractivity contribution in [1.29, 1.82) is 0 Å². The Morgan fingerprint density at radius 2 is 0.714 bits per heavy atom.